The monoisotopic (exact) mass is 332 g/mol. The van der Waals surface area contributed by atoms with Crippen molar-refractivity contribution < 1.29 is 12.8 Å². The van der Waals surface area contributed by atoms with Crippen LogP contribution in [0.2, 0.25) is 5.02 Å². The summed E-state index contributed by atoms with van der Waals surface area (Å²) in [6.07, 6.45) is 1.57. The molecule has 2 aliphatic rings. The molecule has 0 radical (unpaired) electrons. The van der Waals surface area contributed by atoms with Crippen molar-refractivity contribution in [2.45, 2.75) is 24.6 Å². The molecule has 1 aromatic rings. The molecule has 1 saturated carbocycles. The van der Waals surface area contributed by atoms with Crippen molar-refractivity contribution in [1.82, 2.24) is 9.21 Å². The first kappa shape index (κ1) is 15.2. The second-order valence-corrected chi connectivity index (χ2v) is 8.24. The van der Waals surface area contributed by atoms with E-state index < -0.39 is 10.0 Å². The number of benzene rings is 1. The maximum absolute atomic E-state index is 13.8. The highest BCUT2D eigenvalue weighted by Gasteiger charge is 2.40. The minimum Gasteiger partial charge on any atom is -0.296 e. The molecule has 0 amide bonds. The van der Waals surface area contributed by atoms with E-state index in [4.69, 9.17) is 11.6 Å². The fraction of sp³-hybridized carbons (Fsp3) is 0.571. The van der Waals surface area contributed by atoms with Gasteiger partial charge in [-0.2, -0.15) is 4.31 Å². The minimum absolute atomic E-state index is 0.162. The lowest BCUT2D eigenvalue weighted by atomic mass is 10.2. The van der Waals surface area contributed by atoms with E-state index in [1.54, 1.807) is 16.4 Å². The zero-order valence-electron chi connectivity index (χ0n) is 11.6. The van der Waals surface area contributed by atoms with Crippen LogP contribution in [0.15, 0.2) is 18.2 Å². The molecule has 1 heterocycles. The third-order valence-electron chi connectivity index (χ3n) is 4.08. The number of rotatable bonds is 4. The summed E-state index contributed by atoms with van der Waals surface area (Å²) >= 11 is 6.03. The van der Waals surface area contributed by atoms with Gasteiger partial charge in [0, 0.05) is 43.3 Å². The Morgan fingerprint density at radius 3 is 2.43 bits per heavy atom. The summed E-state index contributed by atoms with van der Waals surface area (Å²) in [6, 6.07) is 4.66. The fourth-order valence-electron chi connectivity index (χ4n) is 2.63. The zero-order valence-corrected chi connectivity index (χ0v) is 13.2. The molecule has 21 heavy (non-hydrogen) atoms. The first-order valence-electron chi connectivity index (χ1n) is 7.12. The molecule has 2 fully saturated rings. The maximum atomic E-state index is 13.8. The molecular formula is C14H18ClFN2O2S. The first-order valence-corrected chi connectivity index (χ1v) is 9.01. The van der Waals surface area contributed by atoms with Gasteiger partial charge in [0.2, 0.25) is 10.0 Å². The van der Waals surface area contributed by atoms with E-state index in [9.17, 15) is 12.8 Å². The number of hydrogen-bond acceptors (Lipinski definition) is 3. The van der Waals surface area contributed by atoms with Crippen molar-refractivity contribution in [2.75, 3.05) is 26.2 Å². The van der Waals surface area contributed by atoms with Gasteiger partial charge < -0.3 is 0 Å². The largest absolute Gasteiger partial charge is 0.296 e. The van der Waals surface area contributed by atoms with E-state index in [-0.39, 0.29) is 11.1 Å². The second kappa shape index (κ2) is 5.83. The number of sulfonamides is 1. The van der Waals surface area contributed by atoms with E-state index in [0.29, 0.717) is 43.3 Å². The number of piperazine rings is 1. The Labute approximate surface area is 129 Å². The quantitative estimate of drug-likeness (QED) is 0.847. The van der Waals surface area contributed by atoms with Crippen molar-refractivity contribution in [3.8, 4) is 0 Å². The van der Waals surface area contributed by atoms with Crippen molar-refractivity contribution in [3.05, 3.63) is 34.6 Å². The third-order valence-corrected chi connectivity index (χ3v) is 6.83. The van der Waals surface area contributed by atoms with Gasteiger partial charge in [-0.15, -0.1) is 0 Å². The second-order valence-electron chi connectivity index (χ2n) is 5.62. The van der Waals surface area contributed by atoms with Gasteiger partial charge in [0.05, 0.1) is 5.25 Å². The Balaban J connectivity index is 1.61. The van der Waals surface area contributed by atoms with Gasteiger partial charge in [-0.05, 0) is 25.0 Å². The van der Waals surface area contributed by atoms with Crippen molar-refractivity contribution in [1.29, 1.82) is 0 Å². The molecule has 0 N–H and O–H groups in total. The summed E-state index contributed by atoms with van der Waals surface area (Å²) in [4.78, 5) is 2.04. The zero-order chi connectivity index (χ0) is 15.0. The van der Waals surface area contributed by atoms with Crippen LogP contribution in [0.3, 0.4) is 0 Å². The van der Waals surface area contributed by atoms with Crippen molar-refractivity contribution in [2.24, 2.45) is 0 Å². The molecule has 7 heteroatoms. The molecule has 0 bridgehead atoms. The molecule has 0 aromatic heterocycles. The van der Waals surface area contributed by atoms with Crippen LogP contribution in [-0.2, 0) is 16.6 Å². The Hall–Kier alpha value is -0.690. The SMILES string of the molecule is O=S(=O)(C1CC1)N1CCN(Cc2c(F)cccc2Cl)CC1. The van der Waals surface area contributed by atoms with E-state index in [1.807, 2.05) is 4.90 Å². The molecule has 1 saturated heterocycles. The van der Waals surface area contributed by atoms with Gasteiger partial charge in [-0.25, -0.2) is 12.8 Å². The highest BCUT2D eigenvalue weighted by molar-refractivity contribution is 7.90. The lowest BCUT2D eigenvalue weighted by molar-refractivity contribution is 0.180. The van der Waals surface area contributed by atoms with Gasteiger partial charge >= 0.3 is 0 Å². The Morgan fingerprint density at radius 1 is 1.19 bits per heavy atom. The average Bonchev–Trinajstić information content (AvgIpc) is 3.28. The average molecular weight is 333 g/mol. The van der Waals surface area contributed by atoms with Crippen LogP contribution in [0.25, 0.3) is 0 Å². The highest BCUT2D eigenvalue weighted by atomic mass is 35.5. The summed E-state index contributed by atoms with van der Waals surface area (Å²) in [7, 11) is -3.09. The number of nitrogens with zero attached hydrogens (tertiary/aromatic N) is 2. The van der Waals surface area contributed by atoms with E-state index >= 15 is 0 Å². The molecule has 4 nitrogen and oxygen atoms in total. The predicted molar refractivity (Wildman–Crippen MR) is 80.2 cm³/mol. The maximum Gasteiger partial charge on any atom is 0.217 e. The predicted octanol–water partition coefficient (Wildman–Crippen LogP) is 2.09. The Bertz CT molecular complexity index is 606. The molecule has 116 valence electrons. The van der Waals surface area contributed by atoms with Gasteiger partial charge in [0.1, 0.15) is 5.82 Å². The number of halogens is 2. The molecular weight excluding hydrogens is 315 g/mol. The Kier molecular flexibility index (Phi) is 4.23. The van der Waals surface area contributed by atoms with Crippen molar-refractivity contribution >= 4 is 21.6 Å². The van der Waals surface area contributed by atoms with Gasteiger partial charge in [0.25, 0.3) is 0 Å². The highest BCUT2D eigenvalue weighted by Crippen LogP contribution is 2.31. The third kappa shape index (κ3) is 3.23. The van der Waals surface area contributed by atoms with Gasteiger partial charge in [0.15, 0.2) is 0 Å². The van der Waals surface area contributed by atoms with Crippen LogP contribution in [0.4, 0.5) is 4.39 Å². The number of hydrogen-bond donors (Lipinski definition) is 0. The van der Waals surface area contributed by atoms with E-state index in [0.717, 1.165) is 12.8 Å². The summed E-state index contributed by atoms with van der Waals surface area (Å²) in [5.41, 5.74) is 0.484. The summed E-state index contributed by atoms with van der Waals surface area (Å²) in [5.74, 6) is -0.310. The van der Waals surface area contributed by atoms with E-state index in [1.165, 1.54) is 6.07 Å². The van der Waals surface area contributed by atoms with Crippen LogP contribution in [-0.4, -0.2) is 49.1 Å². The smallest absolute Gasteiger partial charge is 0.217 e. The lowest BCUT2D eigenvalue weighted by Gasteiger charge is -2.34. The Morgan fingerprint density at radius 2 is 1.86 bits per heavy atom. The van der Waals surface area contributed by atoms with E-state index in [2.05, 4.69) is 0 Å². The summed E-state index contributed by atoms with van der Waals surface area (Å²) < 4.78 is 39.6. The lowest BCUT2D eigenvalue weighted by Crippen LogP contribution is -2.49. The van der Waals surface area contributed by atoms with Gasteiger partial charge in [-0.3, -0.25) is 4.90 Å². The van der Waals surface area contributed by atoms with Crippen LogP contribution in [0.5, 0.6) is 0 Å². The van der Waals surface area contributed by atoms with Gasteiger partial charge in [-0.1, -0.05) is 17.7 Å². The van der Waals surface area contributed by atoms with Crippen LogP contribution in [0.1, 0.15) is 18.4 Å². The normalized spacial score (nSPS) is 21.6. The standard InChI is InChI=1S/C14H18ClFN2O2S/c15-13-2-1-3-14(16)12(13)10-17-6-8-18(9-7-17)21(19,20)11-4-5-11/h1-3,11H,4-10H2. The first-order chi connectivity index (χ1) is 9.98. The molecule has 1 aromatic carbocycles. The topological polar surface area (TPSA) is 40.6 Å². The van der Waals surface area contributed by atoms with Crippen LogP contribution >= 0.6 is 11.6 Å². The molecule has 1 aliphatic carbocycles. The van der Waals surface area contributed by atoms with Crippen molar-refractivity contribution in [3.63, 3.8) is 0 Å². The van der Waals surface area contributed by atoms with Crippen LogP contribution < -0.4 is 0 Å². The molecule has 0 atom stereocenters. The molecule has 0 unspecified atom stereocenters. The van der Waals surface area contributed by atoms with Crippen LogP contribution in [0, 0.1) is 5.82 Å². The summed E-state index contributed by atoms with van der Waals surface area (Å²) in [6.45, 7) is 2.59. The minimum atomic E-state index is -3.09. The fourth-order valence-corrected chi connectivity index (χ4v) is 4.67. The summed E-state index contributed by atoms with van der Waals surface area (Å²) in [5, 5.41) is 0.257. The molecule has 0 spiro atoms. The molecule has 1 aliphatic heterocycles. The molecule has 3 rings (SSSR count).